The number of likely N-dealkylation sites (tertiary alicyclic amines) is 1. The highest BCUT2D eigenvalue weighted by Crippen LogP contribution is 2.37. The summed E-state index contributed by atoms with van der Waals surface area (Å²) in [5.74, 6) is 2.27. The summed E-state index contributed by atoms with van der Waals surface area (Å²) in [5, 5.41) is 0. The fourth-order valence-corrected chi connectivity index (χ4v) is 7.40. The van der Waals surface area contributed by atoms with Gasteiger partial charge in [-0.3, -0.25) is 4.90 Å². The third-order valence-electron chi connectivity index (χ3n) is 8.42. The minimum Gasteiger partial charge on any atom is -0.303 e. The van der Waals surface area contributed by atoms with E-state index in [9.17, 15) is 8.42 Å². The van der Waals surface area contributed by atoms with Crippen LogP contribution in [0, 0.1) is 24.7 Å². The molecule has 0 amide bonds. The summed E-state index contributed by atoms with van der Waals surface area (Å²) in [6, 6.07) is 18.4. The lowest BCUT2D eigenvalue weighted by Gasteiger charge is -2.51. The molecule has 4 atom stereocenters. The van der Waals surface area contributed by atoms with E-state index in [1.54, 1.807) is 12.1 Å². The van der Waals surface area contributed by atoms with Gasteiger partial charge in [-0.05, 0) is 94.1 Å². The average Bonchev–Trinajstić information content (AvgIpc) is 2.86. The molecule has 5 nitrogen and oxygen atoms in total. The van der Waals surface area contributed by atoms with Crippen molar-refractivity contribution < 1.29 is 8.42 Å². The van der Waals surface area contributed by atoms with Gasteiger partial charge in [0.1, 0.15) is 0 Å². The highest BCUT2D eigenvalue weighted by molar-refractivity contribution is 7.89. The first-order chi connectivity index (χ1) is 16.5. The molecule has 0 radical (unpaired) electrons. The summed E-state index contributed by atoms with van der Waals surface area (Å²) in [6.45, 7) is 8.37. The van der Waals surface area contributed by atoms with E-state index >= 15 is 0 Å². The van der Waals surface area contributed by atoms with E-state index in [2.05, 4.69) is 44.9 Å². The molecule has 4 aliphatic rings. The van der Waals surface area contributed by atoms with Gasteiger partial charge in [-0.15, -0.1) is 0 Å². The zero-order valence-corrected chi connectivity index (χ0v) is 21.2. The van der Waals surface area contributed by atoms with E-state index in [1.165, 1.54) is 50.9 Å². The van der Waals surface area contributed by atoms with Crippen molar-refractivity contribution in [2.45, 2.75) is 50.0 Å². The van der Waals surface area contributed by atoms with Crippen LogP contribution in [0.3, 0.4) is 0 Å². The molecule has 0 saturated carbocycles. The topological polar surface area (TPSA) is 52.7 Å². The summed E-state index contributed by atoms with van der Waals surface area (Å²) >= 11 is 0. The van der Waals surface area contributed by atoms with Gasteiger partial charge < -0.3 is 4.90 Å². The molecule has 1 unspecified atom stereocenters. The molecule has 4 fully saturated rings. The first kappa shape index (κ1) is 24.0. The van der Waals surface area contributed by atoms with Gasteiger partial charge in [0.15, 0.2) is 0 Å². The van der Waals surface area contributed by atoms with Crippen LogP contribution in [0.4, 0.5) is 0 Å². The molecular formula is C28H39N3O2S. The van der Waals surface area contributed by atoms with Crippen molar-refractivity contribution in [3.05, 3.63) is 65.7 Å². The van der Waals surface area contributed by atoms with E-state index in [0.717, 1.165) is 42.8 Å². The normalized spacial score (nSPS) is 28.3. The third-order valence-corrected chi connectivity index (χ3v) is 9.86. The Morgan fingerprint density at radius 3 is 2.35 bits per heavy atom. The van der Waals surface area contributed by atoms with Crippen molar-refractivity contribution in [1.29, 1.82) is 0 Å². The van der Waals surface area contributed by atoms with Crippen molar-refractivity contribution in [1.82, 2.24) is 14.5 Å². The third kappa shape index (κ3) is 5.73. The Morgan fingerprint density at radius 2 is 1.68 bits per heavy atom. The number of nitrogens with one attached hydrogen (secondary N) is 1. The number of hydrogen-bond acceptors (Lipinski definition) is 4. The molecule has 4 heterocycles. The summed E-state index contributed by atoms with van der Waals surface area (Å²) < 4.78 is 28.3. The van der Waals surface area contributed by atoms with Gasteiger partial charge in [0.05, 0.1) is 4.90 Å². The minimum absolute atomic E-state index is 0.326. The predicted octanol–water partition coefficient (Wildman–Crippen LogP) is 3.94. The number of fused-ring (bicyclic) bond motifs is 3. The molecule has 184 valence electrons. The lowest BCUT2D eigenvalue weighted by Crippen LogP contribution is -2.58. The number of benzene rings is 2. The molecule has 2 bridgehead atoms. The van der Waals surface area contributed by atoms with Crippen molar-refractivity contribution in [2.75, 3.05) is 39.3 Å². The number of aryl methyl sites for hydroxylation is 1. The second-order valence-corrected chi connectivity index (χ2v) is 12.6. The summed E-state index contributed by atoms with van der Waals surface area (Å²) in [4.78, 5) is 5.61. The van der Waals surface area contributed by atoms with Crippen LogP contribution in [0.5, 0.6) is 0 Å². The van der Waals surface area contributed by atoms with Crippen LogP contribution in [-0.4, -0.2) is 63.5 Å². The Kier molecular flexibility index (Phi) is 7.40. The van der Waals surface area contributed by atoms with Gasteiger partial charge in [0.25, 0.3) is 0 Å². The molecular weight excluding hydrogens is 442 g/mol. The van der Waals surface area contributed by atoms with Crippen LogP contribution < -0.4 is 4.72 Å². The van der Waals surface area contributed by atoms with Gasteiger partial charge in [0, 0.05) is 25.7 Å². The number of nitrogens with zero attached hydrogens (tertiary/aromatic N) is 2. The quantitative estimate of drug-likeness (QED) is 0.621. The molecule has 2 aromatic rings. The van der Waals surface area contributed by atoms with Crippen molar-refractivity contribution in [3.63, 3.8) is 0 Å². The second-order valence-electron chi connectivity index (χ2n) is 10.8. The van der Waals surface area contributed by atoms with Crippen molar-refractivity contribution in [2.24, 2.45) is 17.8 Å². The van der Waals surface area contributed by atoms with E-state index in [-0.39, 0.29) is 0 Å². The van der Waals surface area contributed by atoms with Gasteiger partial charge in [-0.25, -0.2) is 13.1 Å². The van der Waals surface area contributed by atoms with Crippen molar-refractivity contribution in [3.8, 4) is 0 Å². The molecule has 0 spiro atoms. The fourth-order valence-electron chi connectivity index (χ4n) is 6.33. The summed E-state index contributed by atoms with van der Waals surface area (Å²) in [5.41, 5.74) is 2.54. The highest BCUT2D eigenvalue weighted by atomic mass is 32.2. The largest absolute Gasteiger partial charge is 0.303 e. The average molecular weight is 482 g/mol. The van der Waals surface area contributed by atoms with Gasteiger partial charge in [0.2, 0.25) is 10.0 Å². The van der Waals surface area contributed by atoms with E-state index < -0.39 is 10.0 Å². The highest BCUT2D eigenvalue weighted by Gasteiger charge is 2.41. The van der Waals surface area contributed by atoms with Gasteiger partial charge >= 0.3 is 0 Å². The van der Waals surface area contributed by atoms with Crippen LogP contribution in [0.1, 0.15) is 36.8 Å². The molecule has 1 N–H and O–H groups in total. The van der Waals surface area contributed by atoms with Crippen LogP contribution in [0.15, 0.2) is 59.5 Å². The Hall–Kier alpha value is -1.73. The van der Waals surface area contributed by atoms with Crippen LogP contribution >= 0.6 is 0 Å². The molecule has 34 heavy (non-hydrogen) atoms. The summed E-state index contributed by atoms with van der Waals surface area (Å²) in [6.07, 6.45) is 6.20. The Balaban J connectivity index is 1.08. The minimum atomic E-state index is -3.44. The number of hydrogen-bond donors (Lipinski definition) is 1. The first-order valence-corrected chi connectivity index (χ1v) is 14.5. The Morgan fingerprint density at radius 1 is 0.941 bits per heavy atom. The molecule has 6 heteroatoms. The maximum absolute atomic E-state index is 12.7. The standard InChI is InChI=1S/C28H39N3O2S/c1-22-7-9-28(10-8-22)34(32,33)29-19-27-18-25-13-16-31(27)21-26(25)20-30-14-11-24(12-15-30)17-23-5-3-2-4-6-23/h2-10,24-27,29H,11-21H2,1H3/t25-,26-,27+/m0/s1. The monoisotopic (exact) mass is 481 g/mol. The van der Waals surface area contributed by atoms with Crippen molar-refractivity contribution >= 4 is 10.0 Å². The molecule has 0 aromatic heterocycles. The maximum atomic E-state index is 12.7. The molecule has 0 aliphatic carbocycles. The van der Waals surface area contributed by atoms with E-state index in [0.29, 0.717) is 17.5 Å². The van der Waals surface area contributed by atoms with Crippen LogP contribution in [-0.2, 0) is 16.4 Å². The van der Waals surface area contributed by atoms with E-state index in [1.807, 2.05) is 19.1 Å². The second kappa shape index (κ2) is 10.5. The number of piperidine rings is 4. The smallest absolute Gasteiger partial charge is 0.240 e. The maximum Gasteiger partial charge on any atom is 0.240 e. The molecule has 6 rings (SSSR count). The molecule has 4 aliphatic heterocycles. The SMILES string of the molecule is Cc1ccc(S(=O)(=O)NC[C@H]2C[C@@H]3CCN2C[C@@H]3CN2CCC(Cc3ccccc3)CC2)cc1. The summed E-state index contributed by atoms with van der Waals surface area (Å²) in [7, 11) is -3.44. The first-order valence-electron chi connectivity index (χ1n) is 13.0. The molecule has 2 aromatic carbocycles. The lowest BCUT2D eigenvalue weighted by molar-refractivity contribution is -0.0139. The van der Waals surface area contributed by atoms with Gasteiger partial charge in [-0.2, -0.15) is 0 Å². The number of sulfonamides is 1. The fraction of sp³-hybridized carbons (Fsp3) is 0.571. The predicted molar refractivity (Wildman–Crippen MR) is 137 cm³/mol. The zero-order chi connectivity index (χ0) is 23.5. The van der Waals surface area contributed by atoms with Crippen LogP contribution in [0.25, 0.3) is 0 Å². The number of rotatable bonds is 8. The zero-order valence-electron chi connectivity index (χ0n) is 20.4. The lowest BCUT2D eigenvalue weighted by atomic mass is 9.75. The van der Waals surface area contributed by atoms with Crippen LogP contribution in [0.2, 0.25) is 0 Å². The van der Waals surface area contributed by atoms with Gasteiger partial charge in [-0.1, -0.05) is 48.0 Å². The van der Waals surface area contributed by atoms with E-state index in [4.69, 9.17) is 0 Å². The Labute approximate surface area is 205 Å². The molecule has 4 saturated heterocycles. The Bertz CT molecular complexity index is 1030.